The van der Waals surface area contributed by atoms with Crippen LogP contribution in [0.3, 0.4) is 0 Å². The van der Waals surface area contributed by atoms with Gasteiger partial charge in [-0.3, -0.25) is 5.41 Å². The average Bonchev–Trinajstić information content (AvgIpc) is 2.59. The molecule has 2 rings (SSSR count). The molecule has 0 fully saturated rings. The third kappa shape index (κ3) is 5.89. The van der Waals surface area contributed by atoms with Gasteiger partial charge < -0.3 is 25.7 Å². The summed E-state index contributed by atoms with van der Waals surface area (Å²) in [4.78, 5) is 11.8. The van der Waals surface area contributed by atoms with E-state index in [4.69, 9.17) is 15.9 Å². The molecule has 1 unspecified atom stereocenters. The fourth-order valence-corrected chi connectivity index (χ4v) is 2.75. The van der Waals surface area contributed by atoms with Gasteiger partial charge in [0.2, 0.25) is 0 Å². The highest BCUT2D eigenvalue weighted by Crippen LogP contribution is 2.31. The molecule has 0 heterocycles. The van der Waals surface area contributed by atoms with Crippen LogP contribution >= 0.6 is 12.4 Å². The lowest BCUT2D eigenvalue weighted by Gasteiger charge is -2.24. The Morgan fingerprint density at radius 3 is 2.18 bits per heavy atom. The van der Waals surface area contributed by atoms with E-state index in [1.165, 1.54) is 0 Å². The highest BCUT2D eigenvalue weighted by atomic mass is 35.5. The topological polar surface area (TPSA) is 111 Å². The van der Waals surface area contributed by atoms with E-state index in [0.29, 0.717) is 16.8 Å². The number of aliphatic carboxylic acids is 1. The SMILES string of the molecule is CC(C)Oc1ccc(C(Nc2ccc(C(=N)N)cc2)C(=O)[O-])cc1C(C)C.Cl. The summed E-state index contributed by atoms with van der Waals surface area (Å²) in [6.07, 6.45) is 0.0307. The molecule has 6 nitrogen and oxygen atoms in total. The lowest BCUT2D eigenvalue weighted by atomic mass is 9.96. The van der Waals surface area contributed by atoms with Gasteiger partial charge in [0.25, 0.3) is 0 Å². The monoisotopic (exact) mass is 404 g/mol. The van der Waals surface area contributed by atoms with Crippen LogP contribution in [0, 0.1) is 5.41 Å². The van der Waals surface area contributed by atoms with Gasteiger partial charge in [-0.05, 0) is 67.3 Å². The molecule has 0 saturated heterocycles. The number of rotatable bonds is 8. The molecule has 1 atom stereocenters. The van der Waals surface area contributed by atoms with Gasteiger partial charge in [-0.2, -0.15) is 0 Å². The first-order chi connectivity index (χ1) is 12.7. The molecule has 2 aromatic carbocycles. The highest BCUT2D eigenvalue weighted by molar-refractivity contribution is 5.95. The summed E-state index contributed by atoms with van der Waals surface area (Å²) in [6, 6.07) is 11.1. The van der Waals surface area contributed by atoms with E-state index in [2.05, 4.69) is 5.32 Å². The van der Waals surface area contributed by atoms with Crippen molar-refractivity contribution in [2.75, 3.05) is 5.32 Å². The normalized spacial score (nSPS) is 11.6. The molecule has 0 aromatic heterocycles. The number of carbonyl (C=O) groups excluding carboxylic acids is 1. The molecule has 7 heteroatoms. The Morgan fingerprint density at radius 1 is 1.11 bits per heavy atom. The fourth-order valence-electron chi connectivity index (χ4n) is 2.75. The van der Waals surface area contributed by atoms with E-state index in [0.717, 1.165) is 11.3 Å². The summed E-state index contributed by atoms with van der Waals surface area (Å²) in [5.41, 5.74) is 8.15. The zero-order valence-corrected chi connectivity index (χ0v) is 17.3. The molecule has 0 amide bonds. The van der Waals surface area contributed by atoms with Crippen LogP contribution in [-0.4, -0.2) is 17.9 Å². The van der Waals surface area contributed by atoms with E-state index >= 15 is 0 Å². The van der Waals surface area contributed by atoms with E-state index < -0.39 is 12.0 Å². The van der Waals surface area contributed by atoms with Crippen molar-refractivity contribution in [1.82, 2.24) is 0 Å². The van der Waals surface area contributed by atoms with Gasteiger partial charge in [0.15, 0.2) is 0 Å². The minimum atomic E-state index is -1.22. The highest BCUT2D eigenvalue weighted by Gasteiger charge is 2.17. The summed E-state index contributed by atoms with van der Waals surface area (Å²) >= 11 is 0. The summed E-state index contributed by atoms with van der Waals surface area (Å²) in [5, 5.41) is 22.2. The Morgan fingerprint density at radius 2 is 1.71 bits per heavy atom. The van der Waals surface area contributed by atoms with Crippen LogP contribution in [0.4, 0.5) is 5.69 Å². The quantitative estimate of drug-likeness (QED) is 0.462. The maximum absolute atomic E-state index is 11.8. The number of carbonyl (C=O) groups is 1. The van der Waals surface area contributed by atoms with Crippen molar-refractivity contribution in [3.8, 4) is 5.75 Å². The second kappa shape index (κ2) is 9.99. The number of benzene rings is 2. The van der Waals surface area contributed by atoms with Crippen molar-refractivity contribution >= 4 is 29.9 Å². The molecule has 0 radical (unpaired) electrons. The minimum Gasteiger partial charge on any atom is -0.548 e. The maximum Gasteiger partial charge on any atom is 0.123 e. The van der Waals surface area contributed by atoms with Crippen LogP contribution in [0.15, 0.2) is 42.5 Å². The molecule has 0 spiro atoms. The van der Waals surface area contributed by atoms with Gasteiger partial charge in [-0.25, -0.2) is 0 Å². The second-order valence-corrected chi connectivity index (χ2v) is 7.01. The van der Waals surface area contributed by atoms with Gasteiger partial charge in [0.05, 0.1) is 18.1 Å². The standard InChI is InChI=1S/C21H27N3O3.ClH/c1-12(2)17-11-15(7-10-18(17)27-13(3)4)19(21(25)26)24-16-8-5-14(6-9-16)20(22)23;/h5-13,19,24H,1-4H3,(H3,22,23)(H,25,26);1H/p-1. The number of carboxylic acids is 1. The number of hydrogen-bond acceptors (Lipinski definition) is 5. The van der Waals surface area contributed by atoms with Crippen molar-refractivity contribution in [2.45, 2.75) is 45.8 Å². The molecule has 0 aliphatic rings. The molecule has 0 bridgehead atoms. The summed E-state index contributed by atoms with van der Waals surface area (Å²) in [6.45, 7) is 7.98. The Bertz CT molecular complexity index is 820. The van der Waals surface area contributed by atoms with Crippen molar-refractivity contribution in [3.63, 3.8) is 0 Å². The largest absolute Gasteiger partial charge is 0.548 e. The number of amidine groups is 1. The van der Waals surface area contributed by atoms with Crippen molar-refractivity contribution in [2.24, 2.45) is 5.73 Å². The molecule has 4 N–H and O–H groups in total. The minimum absolute atomic E-state index is 0. The first-order valence-electron chi connectivity index (χ1n) is 8.91. The Labute approximate surface area is 172 Å². The van der Waals surface area contributed by atoms with Gasteiger partial charge in [-0.15, -0.1) is 12.4 Å². The predicted molar refractivity (Wildman–Crippen MR) is 112 cm³/mol. The smallest absolute Gasteiger partial charge is 0.123 e. The van der Waals surface area contributed by atoms with Crippen LogP contribution in [0.2, 0.25) is 0 Å². The van der Waals surface area contributed by atoms with Crippen molar-refractivity contribution < 1.29 is 14.6 Å². The fraction of sp³-hybridized carbons (Fsp3) is 0.333. The number of nitrogen functional groups attached to an aromatic ring is 1. The van der Waals surface area contributed by atoms with Crippen molar-refractivity contribution in [3.05, 3.63) is 59.2 Å². The second-order valence-electron chi connectivity index (χ2n) is 7.01. The number of carboxylic acid groups (broad SMARTS) is 1. The van der Waals surface area contributed by atoms with Gasteiger partial charge in [0, 0.05) is 11.3 Å². The van der Waals surface area contributed by atoms with E-state index in [1.807, 2.05) is 33.8 Å². The van der Waals surface area contributed by atoms with Crippen LogP contribution in [-0.2, 0) is 4.79 Å². The lowest BCUT2D eigenvalue weighted by Crippen LogP contribution is -2.34. The summed E-state index contributed by atoms with van der Waals surface area (Å²) < 4.78 is 5.84. The molecule has 152 valence electrons. The maximum atomic E-state index is 11.8. The number of halogens is 1. The first-order valence-corrected chi connectivity index (χ1v) is 8.91. The van der Waals surface area contributed by atoms with Gasteiger partial charge in [-0.1, -0.05) is 19.9 Å². The molecular formula is C21H27ClN3O3-. The molecule has 0 saturated carbocycles. The third-order valence-corrected chi connectivity index (χ3v) is 4.09. The third-order valence-electron chi connectivity index (χ3n) is 4.09. The molecule has 0 aliphatic carbocycles. The molecule has 28 heavy (non-hydrogen) atoms. The Balaban J connectivity index is 0.00000392. The van der Waals surface area contributed by atoms with E-state index in [9.17, 15) is 9.90 Å². The first kappa shape index (κ1) is 23.3. The number of ether oxygens (including phenoxy) is 1. The van der Waals surface area contributed by atoms with Crippen LogP contribution in [0.1, 0.15) is 56.3 Å². The zero-order valence-electron chi connectivity index (χ0n) is 16.5. The lowest BCUT2D eigenvalue weighted by molar-refractivity contribution is -0.307. The summed E-state index contributed by atoms with van der Waals surface area (Å²) in [5.74, 6) is -0.333. The Kier molecular flexibility index (Phi) is 8.32. The van der Waals surface area contributed by atoms with Gasteiger partial charge in [0.1, 0.15) is 11.6 Å². The van der Waals surface area contributed by atoms with Gasteiger partial charge >= 0.3 is 0 Å². The summed E-state index contributed by atoms with van der Waals surface area (Å²) in [7, 11) is 0. The molecular weight excluding hydrogens is 378 g/mol. The zero-order chi connectivity index (χ0) is 20.1. The molecule has 2 aromatic rings. The van der Waals surface area contributed by atoms with Crippen LogP contribution < -0.4 is 20.9 Å². The number of nitrogens with one attached hydrogen (secondary N) is 2. The number of anilines is 1. The predicted octanol–water partition coefficient (Wildman–Crippen LogP) is 3.21. The molecule has 0 aliphatic heterocycles. The number of hydrogen-bond donors (Lipinski definition) is 3. The van der Waals surface area contributed by atoms with Crippen molar-refractivity contribution in [1.29, 1.82) is 5.41 Å². The number of nitrogens with two attached hydrogens (primary N) is 1. The van der Waals surface area contributed by atoms with Crippen LogP contribution in [0.5, 0.6) is 5.75 Å². The average molecular weight is 405 g/mol. The van der Waals surface area contributed by atoms with Crippen LogP contribution in [0.25, 0.3) is 0 Å². The van der Waals surface area contributed by atoms with E-state index in [-0.39, 0.29) is 30.3 Å². The van der Waals surface area contributed by atoms with E-state index in [1.54, 1.807) is 36.4 Å². The Hall–Kier alpha value is -2.73.